The van der Waals surface area contributed by atoms with E-state index in [2.05, 4.69) is 9.97 Å². The molecule has 1 N–H and O–H groups in total. The minimum atomic E-state index is -1.79. The highest BCUT2D eigenvalue weighted by atomic mass is 35.5. The summed E-state index contributed by atoms with van der Waals surface area (Å²) < 4.78 is 11.0. The Labute approximate surface area is 226 Å². The molecule has 200 valence electrons. The highest BCUT2D eigenvalue weighted by Gasteiger charge is 2.49. The van der Waals surface area contributed by atoms with Crippen LogP contribution < -0.4 is 4.90 Å². The highest BCUT2D eigenvalue weighted by molar-refractivity contribution is 6.31. The average molecular weight is 565 g/mol. The molecule has 15 heteroatoms. The van der Waals surface area contributed by atoms with Crippen LogP contribution in [0.3, 0.4) is 0 Å². The number of benzene rings is 1. The number of rotatable bonds is 6. The summed E-state index contributed by atoms with van der Waals surface area (Å²) in [6, 6.07) is 6.14. The second kappa shape index (κ2) is 10.9. The van der Waals surface area contributed by atoms with Crippen molar-refractivity contribution in [2.24, 2.45) is 0 Å². The molecular formula is C23H22Cl2N6O7. The molecule has 1 fully saturated rings. The van der Waals surface area contributed by atoms with Crippen molar-refractivity contribution in [3.63, 3.8) is 0 Å². The molecule has 0 aliphatic carbocycles. The zero-order chi connectivity index (χ0) is 27.6. The first kappa shape index (κ1) is 27.3. The predicted molar refractivity (Wildman–Crippen MR) is 133 cm³/mol. The number of halogens is 2. The zero-order valence-electron chi connectivity index (χ0n) is 20.1. The molecule has 13 nitrogen and oxygen atoms in total. The molecular weight excluding hydrogens is 543 g/mol. The van der Waals surface area contributed by atoms with Crippen molar-refractivity contribution >= 4 is 46.8 Å². The number of carboxylic acid groups (broad SMARTS) is 1. The lowest BCUT2D eigenvalue weighted by atomic mass is 9.82. The second-order valence-corrected chi connectivity index (χ2v) is 9.41. The minimum absolute atomic E-state index is 0.0170. The molecule has 38 heavy (non-hydrogen) atoms. The number of hydrogen-bond donors (Lipinski definition) is 1. The largest absolute Gasteiger partial charge is 0.467 e. The van der Waals surface area contributed by atoms with E-state index in [9.17, 15) is 30.1 Å². The number of piperazine rings is 1. The Balaban J connectivity index is 1.83. The Kier molecular flexibility index (Phi) is 7.86. The van der Waals surface area contributed by atoms with Crippen molar-refractivity contribution in [1.82, 2.24) is 14.9 Å². The average Bonchev–Trinajstić information content (AvgIpc) is 2.88. The van der Waals surface area contributed by atoms with Gasteiger partial charge in [0.25, 0.3) is 0 Å². The van der Waals surface area contributed by atoms with Crippen molar-refractivity contribution in [1.29, 1.82) is 5.26 Å². The van der Waals surface area contributed by atoms with Crippen LogP contribution in [0.5, 0.6) is 0 Å². The number of aromatic nitrogens is 2. The van der Waals surface area contributed by atoms with Gasteiger partial charge in [0.2, 0.25) is 11.1 Å². The first-order valence-corrected chi connectivity index (χ1v) is 12.2. The van der Waals surface area contributed by atoms with Gasteiger partial charge in [0.1, 0.15) is 5.69 Å². The summed E-state index contributed by atoms with van der Waals surface area (Å²) in [6.07, 6.45) is -1.32. The maximum atomic E-state index is 13.2. The van der Waals surface area contributed by atoms with E-state index in [1.54, 1.807) is 18.2 Å². The number of esters is 1. The number of anilines is 1. The number of carbonyl (C=O) groups is 2. The molecule has 1 aromatic carbocycles. The summed E-state index contributed by atoms with van der Waals surface area (Å²) >= 11 is 12.6. The van der Waals surface area contributed by atoms with Gasteiger partial charge < -0.3 is 24.4 Å². The Hall–Kier alpha value is -3.73. The van der Waals surface area contributed by atoms with Gasteiger partial charge in [-0.25, -0.2) is 14.6 Å². The van der Waals surface area contributed by atoms with Gasteiger partial charge in [-0.3, -0.25) is 10.1 Å². The van der Waals surface area contributed by atoms with Crippen LogP contribution in [0.25, 0.3) is 0 Å². The molecule has 1 aromatic heterocycles. The highest BCUT2D eigenvalue weighted by Crippen LogP contribution is 2.42. The SMILES string of the molecule is COC(=O)C1(Cc2nc(Cl)nc(N3CCN(C(=O)O)[C@@H](CC#N)C3)c2[N+](=O)[O-])OCCc2c(Cl)cccc21. The Morgan fingerprint density at radius 1 is 1.37 bits per heavy atom. The van der Waals surface area contributed by atoms with Gasteiger partial charge in [-0.15, -0.1) is 0 Å². The lowest BCUT2D eigenvalue weighted by Crippen LogP contribution is -2.55. The fourth-order valence-electron chi connectivity index (χ4n) is 4.95. The molecule has 1 saturated heterocycles. The molecule has 3 heterocycles. The number of nitro groups is 1. The van der Waals surface area contributed by atoms with Crippen LogP contribution >= 0.6 is 23.2 Å². The minimum Gasteiger partial charge on any atom is -0.467 e. The summed E-state index contributed by atoms with van der Waals surface area (Å²) in [4.78, 5) is 47.3. The van der Waals surface area contributed by atoms with Gasteiger partial charge in [0.15, 0.2) is 5.60 Å². The molecule has 1 unspecified atom stereocenters. The summed E-state index contributed by atoms with van der Waals surface area (Å²) in [5, 5.41) is 31.1. The zero-order valence-corrected chi connectivity index (χ0v) is 21.6. The van der Waals surface area contributed by atoms with E-state index in [0.29, 0.717) is 22.6 Å². The summed E-state index contributed by atoms with van der Waals surface area (Å²) in [6.45, 7) is 0.0959. The quantitative estimate of drug-likeness (QED) is 0.236. The van der Waals surface area contributed by atoms with Crippen molar-refractivity contribution < 1.29 is 29.1 Å². The fraction of sp³-hybridized carbons (Fsp3) is 0.435. The first-order valence-electron chi connectivity index (χ1n) is 11.5. The third-order valence-electron chi connectivity index (χ3n) is 6.63. The van der Waals surface area contributed by atoms with E-state index in [4.69, 9.17) is 32.7 Å². The smallest absolute Gasteiger partial charge is 0.407 e. The molecule has 0 bridgehead atoms. The van der Waals surface area contributed by atoms with Crippen molar-refractivity contribution in [3.05, 3.63) is 55.4 Å². The van der Waals surface area contributed by atoms with Gasteiger partial charge in [-0.2, -0.15) is 10.2 Å². The lowest BCUT2D eigenvalue weighted by molar-refractivity contribution is -0.385. The third kappa shape index (κ3) is 4.90. The third-order valence-corrected chi connectivity index (χ3v) is 7.16. The van der Waals surface area contributed by atoms with Crippen LogP contribution in [-0.4, -0.2) is 76.4 Å². The second-order valence-electron chi connectivity index (χ2n) is 8.67. The van der Waals surface area contributed by atoms with E-state index in [-0.39, 0.29) is 49.5 Å². The number of fused-ring (bicyclic) bond motifs is 1. The molecule has 4 rings (SSSR count). The Morgan fingerprint density at radius 3 is 2.79 bits per heavy atom. The van der Waals surface area contributed by atoms with Crippen molar-refractivity contribution in [2.75, 3.05) is 38.3 Å². The number of hydrogen-bond acceptors (Lipinski definition) is 10. The Morgan fingerprint density at radius 2 is 2.13 bits per heavy atom. The number of nitrogens with zero attached hydrogens (tertiary/aromatic N) is 6. The summed E-state index contributed by atoms with van der Waals surface area (Å²) in [5.41, 5.74) is -1.44. The standard InChI is InChI=1S/C23H22Cl2N6O7/c1-37-20(32)23(15-3-2-4-16(24)14(15)6-10-38-23)11-17-18(31(35)36)19(28-21(25)27-17)29-8-9-30(22(33)34)13(12-29)5-7-26/h2-4,13H,5-6,8-12H2,1H3,(H,33,34)/t13-,23?/m0/s1. The van der Waals surface area contributed by atoms with Crippen LogP contribution in [-0.2, 0) is 32.7 Å². The van der Waals surface area contributed by atoms with Gasteiger partial charge in [-0.1, -0.05) is 23.7 Å². The molecule has 0 spiro atoms. The number of carbonyl (C=O) groups excluding carboxylic acids is 1. The Bertz CT molecular complexity index is 1340. The molecule has 2 aromatic rings. The van der Waals surface area contributed by atoms with E-state index >= 15 is 0 Å². The van der Waals surface area contributed by atoms with Crippen LogP contribution in [0.1, 0.15) is 23.2 Å². The normalized spacial score (nSPS) is 20.8. The number of methoxy groups -OCH3 is 1. The summed E-state index contributed by atoms with van der Waals surface area (Å²) in [5.74, 6) is -0.949. The van der Waals surface area contributed by atoms with E-state index < -0.39 is 40.7 Å². The molecule has 2 atom stereocenters. The van der Waals surface area contributed by atoms with E-state index in [1.807, 2.05) is 6.07 Å². The van der Waals surface area contributed by atoms with Gasteiger partial charge in [0, 0.05) is 36.6 Å². The van der Waals surface area contributed by atoms with Crippen molar-refractivity contribution in [2.45, 2.75) is 30.9 Å². The lowest BCUT2D eigenvalue weighted by Gasteiger charge is -2.39. The topological polar surface area (TPSA) is 172 Å². The van der Waals surface area contributed by atoms with Gasteiger partial charge >= 0.3 is 17.7 Å². The number of nitriles is 1. The molecule has 2 aliphatic heterocycles. The fourth-order valence-corrected chi connectivity index (χ4v) is 5.40. The van der Waals surface area contributed by atoms with Gasteiger partial charge in [-0.05, 0) is 29.7 Å². The predicted octanol–water partition coefficient (Wildman–Crippen LogP) is 2.96. The molecule has 0 saturated carbocycles. The number of ether oxygens (including phenoxy) is 2. The maximum Gasteiger partial charge on any atom is 0.407 e. The first-order chi connectivity index (χ1) is 18.1. The van der Waals surface area contributed by atoms with Crippen LogP contribution in [0.2, 0.25) is 10.3 Å². The molecule has 1 amide bonds. The van der Waals surface area contributed by atoms with Crippen LogP contribution in [0, 0.1) is 21.4 Å². The summed E-state index contributed by atoms with van der Waals surface area (Å²) in [7, 11) is 1.18. The van der Waals surface area contributed by atoms with E-state index in [0.717, 1.165) is 4.90 Å². The molecule has 2 aliphatic rings. The maximum absolute atomic E-state index is 13.2. The monoisotopic (exact) mass is 564 g/mol. The van der Waals surface area contributed by atoms with Crippen LogP contribution in [0.4, 0.5) is 16.3 Å². The number of amides is 1. The molecule has 0 radical (unpaired) electrons. The van der Waals surface area contributed by atoms with Gasteiger partial charge in [0.05, 0.1) is 37.2 Å². The van der Waals surface area contributed by atoms with Crippen molar-refractivity contribution in [3.8, 4) is 6.07 Å². The van der Waals surface area contributed by atoms with E-state index in [1.165, 1.54) is 12.0 Å². The van der Waals surface area contributed by atoms with Crippen LogP contribution in [0.15, 0.2) is 18.2 Å².